The molecule has 4 aliphatic rings. The first kappa shape index (κ1) is 15.5. The molecule has 0 aliphatic heterocycles. The van der Waals surface area contributed by atoms with Gasteiger partial charge in [-0.15, -0.1) is 10.2 Å². The van der Waals surface area contributed by atoms with Crippen LogP contribution in [0.5, 0.6) is 0 Å². The molecule has 2 N–H and O–H groups in total. The largest absolute Gasteiger partial charge is 0.241 e. The zero-order valence-corrected chi connectivity index (χ0v) is 14.7. The molecule has 2 aromatic rings. The molecule has 0 amide bonds. The second-order valence-corrected chi connectivity index (χ2v) is 9.75. The number of hydrogen-bond donors (Lipinski definition) is 2. The van der Waals surface area contributed by atoms with Crippen molar-refractivity contribution in [3.05, 3.63) is 24.3 Å². The van der Waals surface area contributed by atoms with Crippen LogP contribution in [0.4, 0.5) is 0 Å². The summed E-state index contributed by atoms with van der Waals surface area (Å²) >= 11 is 0. The molecule has 132 valence electrons. The van der Waals surface area contributed by atoms with Crippen LogP contribution >= 0.6 is 0 Å². The first-order valence-corrected chi connectivity index (χ1v) is 10.4. The number of aromatic amines is 1. The van der Waals surface area contributed by atoms with Crippen LogP contribution in [0.1, 0.15) is 38.5 Å². The van der Waals surface area contributed by atoms with Gasteiger partial charge in [0.1, 0.15) is 0 Å². The first-order valence-electron chi connectivity index (χ1n) is 8.89. The van der Waals surface area contributed by atoms with Crippen molar-refractivity contribution in [3.8, 4) is 11.4 Å². The lowest BCUT2D eigenvalue weighted by molar-refractivity contribution is -0.00810. The van der Waals surface area contributed by atoms with Gasteiger partial charge in [0.15, 0.2) is 0 Å². The van der Waals surface area contributed by atoms with Crippen molar-refractivity contribution in [2.75, 3.05) is 0 Å². The molecule has 1 aromatic heterocycles. The summed E-state index contributed by atoms with van der Waals surface area (Å²) in [6.07, 6.45) is 6.87. The Hall–Kier alpha value is -1.80. The van der Waals surface area contributed by atoms with Gasteiger partial charge in [0, 0.05) is 11.1 Å². The SMILES string of the molecule is O=S(=O)(NC12CC3CC(CC(C3)C1)C2)c1ccc(-c2nn[nH]n2)cc1. The molecule has 0 saturated heterocycles. The number of sulfonamides is 1. The maximum Gasteiger partial charge on any atom is 0.241 e. The molecule has 25 heavy (non-hydrogen) atoms. The summed E-state index contributed by atoms with van der Waals surface area (Å²) in [5.74, 6) is 2.57. The predicted molar refractivity (Wildman–Crippen MR) is 90.8 cm³/mol. The van der Waals surface area contributed by atoms with E-state index in [0.717, 1.165) is 24.8 Å². The second kappa shape index (κ2) is 5.35. The lowest BCUT2D eigenvalue weighted by Gasteiger charge is -2.56. The smallest absolute Gasteiger partial charge is 0.207 e. The van der Waals surface area contributed by atoms with E-state index in [-0.39, 0.29) is 5.54 Å². The summed E-state index contributed by atoms with van der Waals surface area (Å²) in [5.41, 5.74) is 0.516. The minimum atomic E-state index is -3.52. The molecule has 1 heterocycles. The third-order valence-electron chi connectivity index (χ3n) is 6.16. The van der Waals surface area contributed by atoms with Gasteiger partial charge in [0.25, 0.3) is 0 Å². The summed E-state index contributed by atoms with van der Waals surface area (Å²) in [6, 6.07) is 6.68. The van der Waals surface area contributed by atoms with Gasteiger partial charge < -0.3 is 0 Å². The highest BCUT2D eigenvalue weighted by atomic mass is 32.2. The van der Waals surface area contributed by atoms with Crippen molar-refractivity contribution in [3.63, 3.8) is 0 Å². The molecule has 6 rings (SSSR count). The van der Waals surface area contributed by atoms with Crippen LogP contribution < -0.4 is 4.72 Å². The highest BCUT2D eigenvalue weighted by Crippen LogP contribution is 2.55. The van der Waals surface area contributed by atoms with Crippen molar-refractivity contribution in [1.82, 2.24) is 25.3 Å². The van der Waals surface area contributed by atoms with Crippen LogP contribution in [0.2, 0.25) is 0 Å². The maximum absolute atomic E-state index is 13.0. The van der Waals surface area contributed by atoms with Gasteiger partial charge in [-0.25, -0.2) is 13.1 Å². The Bertz CT molecular complexity index is 841. The Labute approximate surface area is 146 Å². The van der Waals surface area contributed by atoms with E-state index < -0.39 is 10.0 Å². The van der Waals surface area contributed by atoms with Crippen molar-refractivity contribution in [1.29, 1.82) is 0 Å². The summed E-state index contributed by atoms with van der Waals surface area (Å²) < 4.78 is 29.0. The fourth-order valence-corrected chi connectivity index (χ4v) is 7.08. The molecule has 0 radical (unpaired) electrons. The number of rotatable bonds is 4. The molecule has 8 heteroatoms. The van der Waals surface area contributed by atoms with Gasteiger partial charge in [0.2, 0.25) is 15.8 Å². The molecule has 0 unspecified atom stereocenters. The van der Waals surface area contributed by atoms with Crippen LogP contribution in [0.25, 0.3) is 11.4 Å². The van der Waals surface area contributed by atoms with Gasteiger partial charge in [-0.2, -0.15) is 5.21 Å². The van der Waals surface area contributed by atoms with Gasteiger partial charge in [0.05, 0.1) is 4.90 Å². The average Bonchev–Trinajstić information content (AvgIpc) is 3.07. The van der Waals surface area contributed by atoms with E-state index >= 15 is 0 Å². The van der Waals surface area contributed by atoms with Gasteiger partial charge in [-0.1, -0.05) is 0 Å². The number of benzene rings is 1. The molecular weight excluding hydrogens is 338 g/mol. The van der Waals surface area contributed by atoms with E-state index in [0.29, 0.717) is 28.5 Å². The van der Waals surface area contributed by atoms with Crippen LogP contribution in [-0.2, 0) is 10.0 Å². The van der Waals surface area contributed by atoms with Gasteiger partial charge >= 0.3 is 0 Å². The van der Waals surface area contributed by atoms with Crippen LogP contribution in [-0.4, -0.2) is 34.6 Å². The summed E-state index contributed by atoms with van der Waals surface area (Å²) in [4.78, 5) is 0.301. The molecule has 0 spiro atoms. The molecule has 4 bridgehead atoms. The summed E-state index contributed by atoms with van der Waals surface area (Å²) in [5, 5.41) is 13.7. The number of nitrogens with one attached hydrogen (secondary N) is 2. The summed E-state index contributed by atoms with van der Waals surface area (Å²) in [6.45, 7) is 0. The number of aromatic nitrogens is 4. The predicted octanol–water partition coefficient (Wildman–Crippen LogP) is 2.11. The van der Waals surface area contributed by atoms with Gasteiger partial charge in [-0.05, 0) is 85.8 Å². The molecule has 4 aliphatic carbocycles. The number of H-pyrrole nitrogens is 1. The molecule has 4 fully saturated rings. The topological polar surface area (TPSA) is 101 Å². The van der Waals surface area contributed by atoms with E-state index in [1.807, 2.05) is 0 Å². The Morgan fingerprint density at radius 1 is 1.00 bits per heavy atom. The Kier molecular flexibility index (Phi) is 3.31. The van der Waals surface area contributed by atoms with Crippen LogP contribution in [0.15, 0.2) is 29.2 Å². The maximum atomic E-state index is 13.0. The van der Waals surface area contributed by atoms with E-state index in [2.05, 4.69) is 25.3 Å². The number of hydrogen-bond acceptors (Lipinski definition) is 5. The lowest BCUT2D eigenvalue weighted by atomic mass is 9.53. The van der Waals surface area contributed by atoms with Crippen molar-refractivity contribution in [2.45, 2.75) is 49.0 Å². The third-order valence-corrected chi connectivity index (χ3v) is 7.75. The molecule has 1 aromatic carbocycles. The standard InChI is InChI=1S/C17H21N5O2S/c23-25(24,15-3-1-14(2-4-15)16-18-21-22-19-16)20-17-8-11-5-12(9-17)7-13(6-11)10-17/h1-4,11-13,20H,5-10H2,(H,18,19,21,22). The van der Waals surface area contributed by atoms with E-state index in [4.69, 9.17) is 0 Å². The minimum absolute atomic E-state index is 0.222. The zero-order valence-electron chi connectivity index (χ0n) is 13.9. The minimum Gasteiger partial charge on any atom is -0.207 e. The van der Waals surface area contributed by atoms with Crippen molar-refractivity contribution >= 4 is 10.0 Å². The summed E-state index contributed by atoms with van der Waals surface area (Å²) in [7, 11) is -3.52. The number of tetrazole rings is 1. The van der Waals surface area contributed by atoms with E-state index in [9.17, 15) is 8.42 Å². The van der Waals surface area contributed by atoms with Crippen molar-refractivity contribution in [2.24, 2.45) is 17.8 Å². The highest BCUT2D eigenvalue weighted by Gasteiger charge is 2.52. The lowest BCUT2D eigenvalue weighted by Crippen LogP contribution is -2.59. The normalized spacial score (nSPS) is 33.7. The van der Waals surface area contributed by atoms with Gasteiger partial charge in [-0.3, -0.25) is 0 Å². The Morgan fingerprint density at radius 2 is 1.60 bits per heavy atom. The third kappa shape index (κ3) is 2.67. The fourth-order valence-electron chi connectivity index (χ4n) is 5.65. The van der Waals surface area contributed by atoms with Crippen LogP contribution in [0, 0.1) is 17.8 Å². The molecular formula is C17H21N5O2S. The first-order chi connectivity index (χ1) is 12.0. The monoisotopic (exact) mass is 359 g/mol. The number of nitrogens with zero attached hydrogens (tertiary/aromatic N) is 3. The average molecular weight is 359 g/mol. The van der Waals surface area contributed by atoms with Crippen molar-refractivity contribution < 1.29 is 8.42 Å². The van der Waals surface area contributed by atoms with E-state index in [1.165, 1.54) is 19.3 Å². The Balaban J connectivity index is 1.40. The Morgan fingerprint density at radius 3 is 2.12 bits per heavy atom. The highest BCUT2D eigenvalue weighted by molar-refractivity contribution is 7.89. The van der Waals surface area contributed by atoms with E-state index in [1.54, 1.807) is 24.3 Å². The molecule has 0 atom stereocenters. The fraction of sp³-hybridized carbons (Fsp3) is 0.588. The zero-order chi connectivity index (χ0) is 17.1. The molecule has 4 saturated carbocycles. The quantitative estimate of drug-likeness (QED) is 0.871. The van der Waals surface area contributed by atoms with Crippen LogP contribution in [0.3, 0.4) is 0 Å². The second-order valence-electron chi connectivity index (χ2n) is 8.06. The molecule has 7 nitrogen and oxygen atoms in total.